The first kappa shape index (κ1) is 10.8. The van der Waals surface area contributed by atoms with Crippen LogP contribution in [0.4, 0.5) is 0 Å². The first-order valence-electron chi connectivity index (χ1n) is 5.63. The van der Waals surface area contributed by atoms with E-state index in [0.717, 1.165) is 11.0 Å². The first-order valence-corrected chi connectivity index (χ1v) is 6.01. The van der Waals surface area contributed by atoms with Crippen molar-refractivity contribution in [2.75, 3.05) is 27.2 Å². The Labute approximate surface area is 93.0 Å². The second-order valence-electron chi connectivity index (χ2n) is 6.90. The SMILES string of the molecule is CC12CCC(Cl)(C[N+](C)(C)C1)C2(C)C. The second-order valence-corrected chi connectivity index (χ2v) is 7.63. The first-order chi connectivity index (χ1) is 6.12. The van der Waals surface area contributed by atoms with Crippen molar-refractivity contribution in [2.24, 2.45) is 10.8 Å². The maximum absolute atomic E-state index is 6.85. The van der Waals surface area contributed by atoms with Gasteiger partial charge >= 0.3 is 0 Å². The predicted molar refractivity (Wildman–Crippen MR) is 61.5 cm³/mol. The van der Waals surface area contributed by atoms with Crippen molar-refractivity contribution in [3.05, 3.63) is 0 Å². The minimum Gasteiger partial charge on any atom is -0.327 e. The van der Waals surface area contributed by atoms with Crippen LogP contribution in [0.3, 0.4) is 0 Å². The van der Waals surface area contributed by atoms with E-state index >= 15 is 0 Å². The van der Waals surface area contributed by atoms with Gasteiger partial charge in [0, 0.05) is 10.8 Å². The van der Waals surface area contributed by atoms with E-state index in [1.54, 1.807) is 0 Å². The van der Waals surface area contributed by atoms with Crippen molar-refractivity contribution < 1.29 is 4.48 Å². The summed E-state index contributed by atoms with van der Waals surface area (Å²) in [4.78, 5) is 0.0313. The van der Waals surface area contributed by atoms with Gasteiger partial charge < -0.3 is 4.48 Å². The Morgan fingerprint density at radius 1 is 1.00 bits per heavy atom. The summed E-state index contributed by atoms with van der Waals surface area (Å²) in [7, 11) is 4.63. The van der Waals surface area contributed by atoms with Gasteiger partial charge in [-0.15, -0.1) is 11.6 Å². The summed E-state index contributed by atoms with van der Waals surface area (Å²) in [5.74, 6) is 0. The fourth-order valence-electron chi connectivity index (χ4n) is 3.87. The molecule has 2 fully saturated rings. The molecule has 2 bridgehead atoms. The molecule has 14 heavy (non-hydrogen) atoms. The number of piperidine rings is 1. The van der Waals surface area contributed by atoms with Crippen LogP contribution < -0.4 is 0 Å². The van der Waals surface area contributed by atoms with Gasteiger partial charge in [0.1, 0.15) is 0 Å². The Bertz CT molecular complexity index is 247. The molecule has 1 saturated carbocycles. The summed E-state index contributed by atoms with van der Waals surface area (Å²) in [6.45, 7) is 9.56. The van der Waals surface area contributed by atoms with Gasteiger partial charge in [-0.05, 0) is 12.8 Å². The highest BCUT2D eigenvalue weighted by molar-refractivity contribution is 6.25. The molecule has 0 radical (unpaired) electrons. The third-order valence-corrected chi connectivity index (χ3v) is 5.94. The van der Waals surface area contributed by atoms with E-state index in [2.05, 4.69) is 34.9 Å². The van der Waals surface area contributed by atoms with Gasteiger partial charge in [0.25, 0.3) is 0 Å². The van der Waals surface area contributed by atoms with E-state index in [0.29, 0.717) is 5.41 Å². The van der Waals surface area contributed by atoms with E-state index in [4.69, 9.17) is 11.6 Å². The molecule has 1 heterocycles. The van der Waals surface area contributed by atoms with Gasteiger partial charge in [0.2, 0.25) is 0 Å². The summed E-state index contributed by atoms with van der Waals surface area (Å²) in [5, 5.41) is 0. The molecule has 82 valence electrons. The minimum atomic E-state index is 0.0313. The quantitative estimate of drug-likeness (QED) is 0.432. The van der Waals surface area contributed by atoms with Crippen molar-refractivity contribution in [3.63, 3.8) is 0 Å². The number of likely N-dealkylation sites (tertiary alicyclic amines) is 1. The van der Waals surface area contributed by atoms with Crippen LogP contribution in [0.2, 0.25) is 0 Å². The molecule has 2 aliphatic rings. The molecule has 1 saturated heterocycles. The Morgan fingerprint density at radius 2 is 1.57 bits per heavy atom. The largest absolute Gasteiger partial charge is 0.327 e. The van der Waals surface area contributed by atoms with E-state index in [1.165, 1.54) is 19.4 Å². The standard InChI is InChI=1S/C12H23ClN/c1-10(2)11(3)6-7-12(10,13)9-14(4,5)8-11/h6-9H2,1-5H3/q+1. The third-order valence-electron chi connectivity index (χ3n) is 5.16. The normalized spacial score (nSPS) is 49.3. The zero-order valence-corrected chi connectivity index (χ0v) is 10.9. The van der Waals surface area contributed by atoms with Crippen LogP contribution in [-0.4, -0.2) is 36.5 Å². The average molecular weight is 217 g/mol. The third kappa shape index (κ3) is 1.12. The Hall–Kier alpha value is 0.250. The molecule has 2 atom stereocenters. The van der Waals surface area contributed by atoms with Crippen LogP contribution in [-0.2, 0) is 0 Å². The molecule has 0 amide bonds. The molecule has 1 aliphatic carbocycles. The van der Waals surface area contributed by atoms with Gasteiger partial charge in [-0.25, -0.2) is 0 Å². The van der Waals surface area contributed by atoms with Crippen LogP contribution in [0, 0.1) is 10.8 Å². The minimum absolute atomic E-state index is 0.0313. The lowest BCUT2D eigenvalue weighted by atomic mass is 9.62. The van der Waals surface area contributed by atoms with Crippen LogP contribution in [0.1, 0.15) is 33.6 Å². The highest BCUT2D eigenvalue weighted by Gasteiger charge is 2.67. The predicted octanol–water partition coefficient (Wildman–Crippen LogP) is 2.88. The zero-order chi connectivity index (χ0) is 10.8. The van der Waals surface area contributed by atoms with Crippen LogP contribution in [0.15, 0.2) is 0 Å². The smallest absolute Gasteiger partial charge is 0.0992 e. The number of quaternary nitrogens is 1. The van der Waals surface area contributed by atoms with Crippen molar-refractivity contribution in [3.8, 4) is 0 Å². The summed E-state index contributed by atoms with van der Waals surface area (Å²) >= 11 is 6.85. The number of alkyl halides is 1. The van der Waals surface area contributed by atoms with Crippen LogP contribution in [0.25, 0.3) is 0 Å². The molecule has 0 N–H and O–H groups in total. The van der Waals surface area contributed by atoms with Gasteiger partial charge in [-0.1, -0.05) is 20.8 Å². The molecule has 1 aliphatic heterocycles. The van der Waals surface area contributed by atoms with E-state index in [9.17, 15) is 0 Å². The van der Waals surface area contributed by atoms with Crippen molar-refractivity contribution in [1.82, 2.24) is 0 Å². The molecule has 0 aromatic rings. The number of fused-ring (bicyclic) bond motifs is 2. The van der Waals surface area contributed by atoms with E-state index < -0.39 is 0 Å². The summed E-state index contributed by atoms with van der Waals surface area (Å²) in [6.07, 6.45) is 2.49. The van der Waals surface area contributed by atoms with Gasteiger partial charge in [-0.2, -0.15) is 0 Å². The Kier molecular flexibility index (Phi) is 1.91. The molecule has 0 aromatic heterocycles. The fourth-order valence-corrected chi connectivity index (χ4v) is 4.52. The topological polar surface area (TPSA) is 0 Å². The average Bonchev–Trinajstić information content (AvgIpc) is 2.12. The number of rotatable bonds is 0. The number of hydrogen-bond acceptors (Lipinski definition) is 0. The maximum Gasteiger partial charge on any atom is 0.0992 e. The molecule has 1 nitrogen and oxygen atoms in total. The molecule has 2 heteroatoms. The van der Waals surface area contributed by atoms with E-state index in [1.807, 2.05) is 0 Å². The van der Waals surface area contributed by atoms with Gasteiger partial charge in [-0.3, -0.25) is 0 Å². The zero-order valence-electron chi connectivity index (χ0n) is 10.2. The maximum atomic E-state index is 6.85. The Balaban J connectivity index is 2.46. The Morgan fingerprint density at radius 3 is 2.07 bits per heavy atom. The molecular weight excluding hydrogens is 194 g/mol. The van der Waals surface area contributed by atoms with E-state index in [-0.39, 0.29) is 10.3 Å². The summed E-state index contributed by atoms with van der Waals surface area (Å²) in [5.41, 5.74) is 0.714. The molecule has 0 spiro atoms. The molecule has 2 unspecified atom stereocenters. The van der Waals surface area contributed by atoms with Gasteiger partial charge in [0.15, 0.2) is 0 Å². The lowest BCUT2D eigenvalue weighted by molar-refractivity contribution is -0.906. The summed E-state index contributed by atoms with van der Waals surface area (Å²) in [6, 6.07) is 0. The lowest BCUT2D eigenvalue weighted by Crippen LogP contribution is -2.64. The van der Waals surface area contributed by atoms with Crippen molar-refractivity contribution in [2.45, 2.75) is 38.5 Å². The second kappa shape index (κ2) is 2.49. The fraction of sp³-hybridized carbons (Fsp3) is 1.00. The number of hydrogen-bond donors (Lipinski definition) is 0. The molecule has 2 rings (SSSR count). The number of nitrogens with zero attached hydrogens (tertiary/aromatic N) is 1. The highest BCUT2D eigenvalue weighted by atomic mass is 35.5. The molecular formula is C12H23ClN+. The highest BCUT2D eigenvalue weighted by Crippen LogP contribution is 2.64. The molecule has 0 aromatic carbocycles. The van der Waals surface area contributed by atoms with Gasteiger partial charge in [0.05, 0.1) is 32.1 Å². The monoisotopic (exact) mass is 216 g/mol. The summed E-state index contributed by atoms with van der Waals surface area (Å²) < 4.78 is 1.09. The van der Waals surface area contributed by atoms with Crippen molar-refractivity contribution >= 4 is 11.6 Å². The lowest BCUT2D eigenvalue weighted by Gasteiger charge is -2.55. The van der Waals surface area contributed by atoms with Crippen LogP contribution >= 0.6 is 11.6 Å². The van der Waals surface area contributed by atoms with Crippen molar-refractivity contribution in [1.29, 1.82) is 0 Å². The number of halogens is 1. The van der Waals surface area contributed by atoms with Crippen LogP contribution in [0.5, 0.6) is 0 Å².